The molecule has 1 amide bonds. The molecule has 0 saturated carbocycles. The normalized spacial score (nSPS) is 16.7. The fraction of sp³-hybridized carbons (Fsp3) is 0.682. The number of pyridine rings is 1. The molecule has 154 valence electrons. The summed E-state index contributed by atoms with van der Waals surface area (Å²) < 4.78 is 5.47. The first kappa shape index (κ1) is 22.2. The van der Waals surface area contributed by atoms with Crippen molar-refractivity contribution in [2.24, 2.45) is 5.92 Å². The summed E-state index contributed by atoms with van der Waals surface area (Å²) in [6.07, 6.45) is 6.96. The summed E-state index contributed by atoms with van der Waals surface area (Å²) in [6, 6.07) is 6.31. The van der Waals surface area contributed by atoms with E-state index in [2.05, 4.69) is 30.0 Å². The fourth-order valence-electron chi connectivity index (χ4n) is 3.77. The van der Waals surface area contributed by atoms with E-state index in [1.807, 2.05) is 37.8 Å². The van der Waals surface area contributed by atoms with E-state index >= 15 is 0 Å². The summed E-state index contributed by atoms with van der Waals surface area (Å²) in [4.78, 5) is 20.3. The van der Waals surface area contributed by atoms with Gasteiger partial charge >= 0.3 is 6.09 Å². The van der Waals surface area contributed by atoms with Crippen LogP contribution in [0.2, 0.25) is 0 Å². The lowest BCUT2D eigenvalue weighted by molar-refractivity contribution is 0.0180. The summed E-state index contributed by atoms with van der Waals surface area (Å²) in [6.45, 7) is 7.28. The van der Waals surface area contributed by atoms with Crippen LogP contribution < -0.4 is 0 Å². The molecule has 6 nitrogen and oxygen atoms in total. The molecular formula is C22H34N4O2. The number of rotatable bonds is 6. The zero-order valence-electron chi connectivity index (χ0n) is 17.9. The fourth-order valence-corrected chi connectivity index (χ4v) is 3.77. The van der Waals surface area contributed by atoms with Gasteiger partial charge < -0.3 is 14.5 Å². The molecule has 1 aromatic heterocycles. The second-order valence-corrected chi connectivity index (χ2v) is 8.91. The molecule has 0 spiro atoms. The van der Waals surface area contributed by atoms with Crippen LogP contribution >= 0.6 is 0 Å². The summed E-state index contributed by atoms with van der Waals surface area (Å²) in [5.74, 6) is 0.661. The van der Waals surface area contributed by atoms with Gasteiger partial charge in [-0.1, -0.05) is 12.8 Å². The molecule has 1 atom stereocenters. The van der Waals surface area contributed by atoms with Crippen molar-refractivity contribution in [2.75, 3.05) is 27.2 Å². The van der Waals surface area contributed by atoms with Gasteiger partial charge in [0.05, 0.1) is 0 Å². The van der Waals surface area contributed by atoms with Gasteiger partial charge in [0, 0.05) is 25.3 Å². The standard InChI is InChI=1S/C22H34N4O2/c1-22(2,3)28-21(27)26-13-10-17(11-14-26)7-6-8-20(25(4)5)18-9-12-24-19(15-18)16-23/h9,12,15,17,20H,6-8,10-11,13-14H2,1-5H3. The van der Waals surface area contributed by atoms with Crippen LogP contribution in [0, 0.1) is 17.2 Å². The first-order valence-electron chi connectivity index (χ1n) is 10.2. The molecule has 2 rings (SSSR count). The number of hydrogen-bond acceptors (Lipinski definition) is 5. The predicted molar refractivity (Wildman–Crippen MR) is 110 cm³/mol. The van der Waals surface area contributed by atoms with Crippen LogP contribution in [-0.2, 0) is 4.74 Å². The molecule has 0 bridgehead atoms. The maximum absolute atomic E-state index is 12.2. The number of ether oxygens (including phenoxy) is 1. The Morgan fingerprint density at radius 1 is 1.39 bits per heavy atom. The Kier molecular flexibility index (Phi) is 7.82. The number of piperidine rings is 1. The van der Waals surface area contributed by atoms with Crippen LogP contribution in [0.25, 0.3) is 0 Å². The molecule has 0 radical (unpaired) electrons. The van der Waals surface area contributed by atoms with Crippen LogP contribution in [0.3, 0.4) is 0 Å². The number of nitrogens with zero attached hydrogens (tertiary/aromatic N) is 4. The minimum atomic E-state index is -0.437. The molecule has 6 heteroatoms. The highest BCUT2D eigenvalue weighted by molar-refractivity contribution is 5.68. The van der Waals surface area contributed by atoms with E-state index in [0.29, 0.717) is 11.6 Å². The van der Waals surface area contributed by atoms with Crippen LogP contribution in [0.15, 0.2) is 18.3 Å². The zero-order chi connectivity index (χ0) is 20.7. The number of carbonyl (C=O) groups is 1. The smallest absolute Gasteiger partial charge is 0.410 e. The van der Waals surface area contributed by atoms with E-state index < -0.39 is 5.60 Å². The van der Waals surface area contributed by atoms with E-state index in [9.17, 15) is 4.79 Å². The van der Waals surface area contributed by atoms with E-state index in [1.165, 1.54) is 6.42 Å². The molecule has 1 aliphatic rings. The van der Waals surface area contributed by atoms with Gasteiger partial charge in [0.2, 0.25) is 0 Å². The third-order valence-corrected chi connectivity index (χ3v) is 5.26. The number of hydrogen-bond donors (Lipinski definition) is 0. The number of carbonyl (C=O) groups excluding carboxylic acids is 1. The lowest BCUT2D eigenvalue weighted by Gasteiger charge is -2.33. The first-order valence-corrected chi connectivity index (χ1v) is 10.2. The Labute approximate surface area is 169 Å². The largest absolute Gasteiger partial charge is 0.444 e. The lowest BCUT2D eigenvalue weighted by atomic mass is 9.90. The quantitative estimate of drug-likeness (QED) is 0.726. The maximum Gasteiger partial charge on any atom is 0.410 e. The Morgan fingerprint density at radius 2 is 2.07 bits per heavy atom. The number of nitriles is 1. The molecule has 2 heterocycles. The maximum atomic E-state index is 12.2. The molecular weight excluding hydrogens is 352 g/mol. The molecule has 0 aliphatic carbocycles. The molecule has 1 fully saturated rings. The van der Waals surface area contributed by atoms with Crippen LogP contribution in [-0.4, -0.2) is 53.7 Å². The molecule has 0 aromatic carbocycles. The SMILES string of the molecule is CN(C)C(CCCC1CCN(C(=O)OC(C)(C)C)CC1)c1ccnc(C#N)c1. The van der Waals surface area contributed by atoms with Gasteiger partial charge in [0.15, 0.2) is 0 Å². The van der Waals surface area contributed by atoms with Gasteiger partial charge in [0.25, 0.3) is 0 Å². The van der Waals surface area contributed by atoms with Crippen molar-refractivity contribution in [3.05, 3.63) is 29.6 Å². The van der Waals surface area contributed by atoms with E-state index in [-0.39, 0.29) is 12.1 Å². The zero-order valence-corrected chi connectivity index (χ0v) is 17.9. The highest BCUT2D eigenvalue weighted by Gasteiger charge is 2.27. The van der Waals surface area contributed by atoms with E-state index in [1.54, 1.807) is 6.20 Å². The Morgan fingerprint density at radius 3 is 2.64 bits per heavy atom. The topological polar surface area (TPSA) is 69.5 Å². The van der Waals surface area contributed by atoms with Crippen molar-refractivity contribution in [3.63, 3.8) is 0 Å². The second-order valence-electron chi connectivity index (χ2n) is 8.91. The van der Waals surface area contributed by atoms with Crippen molar-refractivity contribution in [1.29, 1.82) is 5.26 Å². The molecule has 1 aliphatic heterocycles. The van der Waals surface area contributed by atoms with Crippen LogP contribution in [0.5, 0.6) is 0 Å². The predicted octanol–water partition coefficient (Wildman–Crippen LogP) is 4.37. The molecule has 1 unspecified atom stereocenters. The van der Waals surface area contributed by atoms with Crippen LogP contribution in [0.4, 0.5) is 4.79 Å². The third kappa shape index (κ3) is 6.79. The Balaban J connectivity index is 1.79. The number of aromatic nitrogens is 1. The minimum Gasteiger partial charge on any atom is -0.444 e. The van der Waals surface area contributed by atoms with Gasteiger partial charge in [0.1, 0.15) is 17.4 Å². The summed E-state index contributed by atoms with van der Waals surface area (Å²) in [5, 5.41) is 9.09. The van der Waals surface area contributed by atoms with Gasteiger partial charge in [-0.2, -0.15) is 5.26 Å². The summed E-state index contributed by atoms with van der Waals surface area (Å²) in [5.41, 5.74) is 1.18. The minimum absolute atomic E-state index is 0.190. The van der Waals surface area contributed by atoms with E-state index in [4.69, 9.17) is 10.00 Å². The summed E-state index contributed by atoms with van der Waals surface area (Å²) in [7, 11) is 4.16. The average Bonchev–Trinajstić information content (AvgIpc) is 2.64. The molecule has 0 N–H and O–H groups in total. The van der Waals surface area contributed by atoms with Crippen LogP contribution in [0.1, 0.15) is 70.2 Å². The van der Waals surface area contributed by atoms with Crippen molar-refractivity contribution in [2.45, 2.75) is 64.5 Å². The van der Waals surface area contributed by atoms with Crippen molar-refractivity contribution in [1.82, 2.24) is 14.8 Å². The highest BCUT2D eigenvalue weighted by atomic mass is 16.6. The third-order valence-electron chi connectivity index (χ3n) is 5.26. The number of amides is 1. The van der Waals surface area contributed by atoms with Crippen molar-refractivity contribution in [3.8, 4) is 6.07 Å². The van der Waals surface area contributed by atoms with Gasteiger partial charge in [-0.05, 0) is 77.7 Å². The average molecular weight is 387 g/mol. The molecule has 28 heavy (non-hydrogen) atoms. The van der Waals surface area contributed by atoms with Crippen molar-refractivity contribution >= 4 is 6.09 Å². The molecule has 1 saturated heterocycles. The van der Waals surface area contributed by atoms with Gasteiger partial charge in [-0.25, -0.2) is 9.78 Å². The Bertz CT molecular complexity index is 683. The monoisotopic (exact) mass is 386 g/mol. The van der Waals surface area contributed by atoms with Gasteiger partial charge in [-0.15, -0.1) is 0 Å². The Hall–Kier alpha value is -2.13. The second kappa shape index (κ2) is 9.88. The highest BCUT2D eigenvalue weighted by Crippen LogP contribution is 2.28. The summed E-state index contributed by atoms with van der Waals surface area (Å²) >= 11 is 0. The number of likely N-dealkylation sites (tertiary alicyclic amines) is 1. The lowest BCUT2D eigenvalue weighted by Crippen LogP contribution is -2.41. The van der Waals surface area contributed by atoms with Crippen molar-refractivity contribution < 1.29 is 9.53 Å². The van der Waals surface area contributed by atoms with E-state index in [0.717, 1.165) is 44.3 Å². The van der Waals surface area contributed by atoms with Gasteiger partial charge in [-0.3, -0.25) is 0 Å². The first-order chi connectivity index (χ1) is 13.2. The molecule has 1 aromatic rings.